The number of anilines is 1. The van der Waals surface area contributed by atoms with E-state index in [1.54, 1.807) is 18.3 Å². The number of aliphatic carboxylic acids is 1. The first-order chi connectivity index (χ1) is 8.08. The van der Waals surface area contributed by atoms with Gasteiger partial charge in [-0.1, -0.05) is 0 Å². The normalized spacial score (nSPS) is 11.6. The van der Waals surface area contributed by atoms with Crippen molar-refractivity contribution in [1.29, 1.82) is 5.26 Å². The minimum atomic E-state index is -0.828. The van der Waals surface area contributed by atoms with Crippen molar-refractivity contribution in [1.82, 2.24) is 4.98 Å². The smallest absolute Gasteiger partial charge is 0.305 e. The predicted octanol–water partition coefficient (Wildman–Crippen LogP) is 1.64. The highest BCUT2D eigenvalue weighted by Gasteiger charge is 2.16. The second-order valence-corrected chi connectivity index (χ2v) is 3.74. The van der Waals surface area contributed by atoms with E-state index in [-0.39, 0.29) is 12.5 Å². The van der Waals surface area contributed by atoms with Crippen LogP contribution in [0.25, 0.3) is 0 Å². The van der Waals surface area contributed by atoms with Gasteiger partial charge in [-0.3, -0.25) is 4.79 Å². The molecule has 17 heavy (non-hydrogen) atoms. The fourth-order valence-corrected chi connectivity index (χ4v) is 1.77. The zero-order valence-electron chi connectivity index (χ0n) is 9.92. The number of carboxylic acid groups (broad SMARTS) is 1. The van der Waals surface area contributed by atoms with Crippen molar-refractivity contribution in [2.24, 2.45) is 0 Å². The fraction of sp³-hybridized carbons (Fsp3) is 0.417. The summed E-state index contributed by atoms with van der Waals surface area (Å²) >= 11 is 0. The lowest BCUT2D eigenvalue weighted by molar-refractivity contribution is -0.137. The van der Waals surface area contributed by atoms with Gasteiger partial charge in [-0.25, -0.2) is 4.98 Å². The second kappa shape index (κ2) is 5.85. The van der Waals surface area contributed by atoms with Crippen LogP contribution in [0.5, 0.6) is 0 Å². The SMILES string of the molecule is CCN(c1ccnc(C#N)c1)C(C)CC(=O)O. The predicted molar refractivity (Wildman–Crippen MR) is 63.7 cm³/mol. The van der Waals surface area contributed by atoms with Gasteiger partial charge in [-0.2, -0.15) is 5.26 Å². The number of nitrogens with zero attached hydrogens (tertiary/aromatic N) is 3. The number of hydrogen-bond donors (Lipinski definition) is 1. The molecular weight excluding hydrogens is 218 g/mol. The van der Waals surface area contributed by atoms with Gasteiger partial charge in [0, 0.05) is 24.5 Å². The first-order valence-electron chi connectivity index (χ1n) is 5.43. The minimum absolute atomic E-state index is 0.0675. The second-order valence-electron chi connectivity index (χ2n) is 3.74. The highest BCUT2D eigenvalue weighted by molar-refractivity contribution is 5.68. The van der Waals surface area contributed by atoms with Gasteiger partial charge >= 0.3 is 5.97 Å². The van der Waals surface area contributed by atoms with Crippen LogP contribution in [0.1, 0.15) is 26.0 Å². The first-order valence-corrected chi connectivity index (χ1v) is 5.43. The number of pyridine rings is 1. The fourth-order valence-electron chi connectivity index (χ4n) is 1.77. The van der Waals surface area contributed by atoms with Crippen molar-refractivity contribution < 1.29 is 9.90 Å². The highest BCUT2D eigenvalue weighted by atomic mass is 16.4. The quantitative estimate of drug-likeness (QED) is 0.836. The van der Waals surface area contributed by atoms with Crippen LogP contribution in [0.2, 0.25) is 0 Å². The maximum atomic E-state index is 10.7. The van der Waals surface area contributed by atoms with Crippen molar-refractivity contribution in [3.05, 3.63) is 24.0 Å². The summed E-state index contributed by atoms with van der Waals surface area (Å²) in [4.78, 5) is 16.5. The average molecular weight is 233 g/mol. The summed E-state index contributed by atoms with van der Waals surface area (Å²) in [5.41, 5.74) is 1.16. The summed E-state index contributed by atoms with van der Waals surface area (Å²) in [7, 11) is 0. The molecule has 0 saturated carbocycles. The molecule has 0 aliphatic heterocycles. The maximum absolute atomic E-state index is 10.7. The van der Waals surface area contributed by atoms with Crippen molar-refractivity contribution in [2.75, 3.05) is 11.4 Å². The lowest BCUT2D eigenvalue weighted by Gasteiger charge is -2.29. The van der Waals surface area contributed by atoms with Crippen LogP contribution in [-0.2, 0) is 4.79 Å². The zero-order chi connectivity index (χ0) is 12.8. The van der Waals surface area contributed by atoms with E-state index in [2.05, 4.69) is 4.98 Å². The van der Waals surface area contributed by atoms with E-state index in [0.717, 1.165) is 5.69 Å². The summed E-state index contributed by atoms with van der Waals surface area (Å²) in [6.07, 6.45) is 1.63. The monoisotopic (exact) mass is 233 g/mol. The van der Waals surface area contributed by atoms with Crippen molar-refractivity contribution in [2.45, 2.75) is 26.3 Å². The van der Waals surface area contributed by atoms with Gasteiger partial charge in [0.15, 0.2) is 0 Å². The van der Waals surface area contributed by atoms with E-state index in [1.165, 1.54) is 0 Å². The topological polar surface area (TPSA) is 77.2 Å². The molecule has 1 unspecified atom stereocenters. The van der Waals surface area contributed by atoms with Crippen LogP contribution in [0.4, 0.5) is 5.69 Å². The maximum Gasteiger partial charge on any atom is 0.305 e. The Morgan fingerprint density at radius 3 is 2.94 bits per heavy atom. The Bertz CT molecular complexity index is 440. The standard InChI is InChI=1S/C12H15N3O2/c1-3-15(9(2)6-12(16)17)11-4-5-14-10(7-11)8-13/h4-5,7,9H,3,6H2,1-2H3,(H,16,17). The van der Waals surface area contributed by atoms with Gasteiger partial charge in [-0.05, 0) is 26.0 Å². The van der Waals surface area contributed by atoms with Crippen LogP contribution in [-0.4, -0.2) is 28.6 Å². The summed E-state index contributed by atoms with van der Waals surface area (Å²) in [6, 6.07) is 5.30. The Balaban J connectivity index is 2.93. The molecule has 0 aliphatic carbocycles. The third-order valence-corrected chi connectivity index (χ3v) is 2.53. The van der Waals surface area contributed by atoms with E-state index in [4.69, 9.17) is 10.4 Å². The molecule has 0 amide bonds. The number of aromatic nitrogens is 1. The number of nitriles is 1. The summed E-state index contributed by atoms with van der Waals surface area (Å²) < 4.78 is 0. The van der Waals surface area contributed by atoms with E-state index >= 15 is 0 Å². The van der Waals surface area contributed by atoms with Gasteiger partial charge in [-0.15, -0.1) is 0 Å². The van der Waals surface area contributed by atoms with E-state index < -0.39 is 5.97 Å². The van der Waals surface area contributed by atoms with Crippen molar-refractivity contribution in [3.63, 3.8) is 0 Å². The number of hydrogen-bond acceptors (Lipinski definition) is 4. The zero-order valence-corrected chi connectivity index (χ0v) is 9.92. The lowest BCUT2D eigenvalue weighted by atomic mass is 10.1. The minimum Gasteiger partial charge on any atom is -0.481 e. The third kappa shape index (κ3) is 3.45. The van der Waals surface area contributed by atoms with Crippen LogP contribution in [0.3, 0.4) is 0 Å². The molecule has 5 heteroatoms. The van der Waals surface area contributed by atoms with Gasteiger partial charge in [0.05, 0.1) is 6.42 Å². The molecule has 0 bridgehead atoms. The summed E-state index contributed by atoms with van der Waals surface area (Å²) in [5, 5.41) is 17.6. The Hall–Kier alpha value is -2.09. The molecule has 0 fully saturated rings. The number of carbonyl (C=O) groups is 1. The molecule has 1 N–H and O–H groups in total. The molecule has 0 spiro atoms. The van der Waals surface area contributed by atoms with Gasteiger partial charge in [0.2, 0.25) is 0 Å². The van der Waals surface area contributed by atoms with Gasteiger partial charge in [0.25, 0.3) is 0 Å². The van der Waals surface area contributed by atoms with E-state index in [9.17, 15) is 4.79 Å². The Morgan fingerprint density at radius 2 is 2.41 bits per heavy atom. The summed E-state index contributed by atoms with van der Waals surface area (Å²) in [6.45, 7) is 4.48. The molecule has 0 aliphatic rings. The van der Waals surface area contributed by atoms with Crippen LogP contribution in [0, 0.1) is 11.3 Å². The third-order valence-electron chi connectivity index (χ3n) is 2.53. The molecule has 90 valence electrons. The largest absolute Gasteiger partial charge is 0.481 e. The molecule has 5 nitrogen and oxygen atoms in total. The highest BCUT2D eigenvalue weighted by Crippen LogP contribution is 2.18. The molecular formula is C12H15N3O2. The molecule has 1 rings (SSSR count). The molecule has 1 aromatic heterocycles. The number of rotatable bonds is 5. The Labute approximate surface area is 100 Å². The summed E-state index contributed by atoms with van der Waals surface area (Å²) in [5.74, 6) is -0.828. The molecule has 0 radical (unpaired) electrons. The Morgan fingerprint density at radius 1 is 1.71 bits per heavy atom. The molecule has 1 atom stereocenters. The van der Waals surface area contributed by atoms with E-state index in [1.807, 2.05) is 24.8 Å². The van der Waals surface area contributed by atoms with Crippen LogP contribution < -0.4 is 4.90 Å². The van der Waals surface area contributed by atoms with E-state index in [0.29, 0.717) is 12.2 Å². The molecule has 1 aromatic rings. The van der Waals surface area contributed by atoms with Crippen molar-refractivity contribution >= 4 is 11.7 Å². The lowest BCUT2D eigenvalue weighted by Crippen LogP contribution is -2.34. The molecule has 0 saturated heterocycles. The van der Waals surface area contributed by atoms with Crippen molar-refractivity contribution in [3.8, 4) is 6.07 Å². The van der Waals surface area contributed by atoms with Gasteiger partial charge in [0.1, 0.15) is 11.8 Å². The first kappa shape index (κ1) is 13.0. The average Bonchev–Trinajstić information content (AvgIpc) is 2.29. The van der Waals surface area contributed by atoms with Crippen LogP contribution >= 0.6 is 0 Å². The Kier molecular flexibility index (Phi) is 4.46. The number of carboxylic acids is 1. The van der Waals surface area contributed by atoms with Crippen LogP contribution in [0.15, 0.2) is 18.3 Å². The molecule has 1 heterocycles. The van der Waals surface area contributed by atoms with Gasteiger partial charge < -0.3 is 10.0 Å². The molecule has 0 aromatic carbocycles.